The van der Waals surface area contributed by atoms with Crippen LogP contribution in [0.1, 0.15) is 69.1 Å². The van der Waals surface area contributed by atoms with Crippen LogP contribution in [-0.4, -0.2) is 37.1 Å². The van der Waals surface area contributed by atoms with Gasteiger partial charge in [-0.15, -0.1) is 4.36 Å². The molecular weight excluding hydrogens is 441 g/mol. The van der Waals surface area contributed by atoms with Crippen LogP contribution in [0.4, 0.5) is 14.9 Å². The van der Waals surface area contributed by atoms with Crippen molar-refractivity contribution in [2.45, 2.75) is 62.6 Å². The van der Waals surface area contributed by atoms with Gasteiger partial charge in [-0.2, -0.15) is 5.26 Å². The number of benzene rings is 1. The number of anilines is 1. The van der Waals surface area contributed by atoms with Crippen molar-refractivity contribution in [3.63, 3.8) is 0 Å². The normalized spacial score (nSPS) is 20.7. The second-order valence-electron chi connectivity index (χ2n) is 8.54. The minimum atomic E-state index is -3.49. The van der Waals surface area contributed by atoms with Gasteiger partial charge in [0.25, 0.3) is 0 Å². The van der Waals surface area contributed by atoms with Gasteiger partial charge in [-0.05, 0) is 50.2 Å². The SMILES string of the molecule is CC(C)c1c(F)c(C#N)cc(C2CC2)c1NC(=O)N=S(N)(=O)C1CN=C(C(C)(C)O)S1. The Morgan fingerprint density at radius 1 is 1.52 bits per heavy atom. The van der Waals surface area contributed by atoms with Gasteiger partial charge in [-0.1, -0.05) is 25.6 Å². The number of hydrogen-bond donors (Lipinski definition) is 3. The number of hydrogen-bond acceptors (Lipinski definition) is 6. The molecule has 1 aromatic rings. The van der Waals surface area contributed by atoms with Crippen molar-refractivity contribution in [3.8, 4) is 6.07 Å². The first kappa shape index (κ1) is 23.7. The number of halogens is 1. The van der Waals surface area contributed by atoms with Crippen LogP contribution in [0.15, 0.2) is 15.4 Å². The van der Waals surface area contributed by atoms with Gasteiger partial charge in [0.05, 0.1) is 17.8 Å². The van der Waals surface area contributed by atoms with E-state index in [1.807, 2.05) is 6.07 Å². The van der Waals surface area contributed by atoms with E-state index in [0.29, 0.717) is 10.6 Å². The lowest BCUT2D eigenvalue weighted by molar-refractivity contribution is 0.157. The third-order valence-electron chi connectivity index (χ3n) is 5.03. The second kappa shape index (κ2) is 8.50. The molecule has 3 rings (SSSR count). The lowest BCUT2D eigenvalue weighted by Crippen LogP contribution is -2.31. The summed E-state index contributed by atoms with van der Waals surface area (Å²) in [5.74, 6) is -0.868. The van der Waals surface area contributed by atoms with E-state index in [2.05, 4.69) is 14.7 Å². The Labute approximate surface area is 185 Å². The maximum absolute atomic E-state index is 14.9. The smallest absolute Gasteiger partial charge is 0.354 e. The molecule has 1 aromatic carbocycles. The summed E-state index contributed by atoms with van der Waals surface area (Å²) >= 11 is 1.04. The predicted octanol–water partition coefficient (Wildman–Crippen LogP) is 3.81. The van der Waals surface area contributed by atoms with Gasteiger partial charge >= 0.3 is 6.03 Å². The Hall–Kier alpha value is -2.00. The van der Waals surface area contributed by atoms with Gasteiger partial charge < -0.3 is 10.4 Å². The van der Waals surface area contributed by atoms with Crippen LogP contribution < -0.4 is 10.5 Å². The lowest BCUT2D eigenvalue weighted by atomic mass is 9.92. The Kier molecular flexibility index (Phi) is 6.49. The average molecular weight is 468 g/mol. The number of nitriles is 1. The third kappa shape index (κ3) is 5.09. The lowest BCUT2D eigenvalue weighted by Gasteiger charge is -2.20. The number of urea groups is 1. The van der Waals surface area contributed by atoms with Crippen LogP contribution in [-0.2, 0) is 9.92 Å². The first-order valence-corrected chi connectivity index (χ1v) is 12.4. The number of aliphatic hydroxyl groups is 1. The zero-order valence-electron chi connectivity index (χ0n) is 17.8. The molecule has 31 heavy (non-hydrogen) atoms. The van der Waals surface area contributed by atoms with E-state index in [1.54, 1.807) is 27.7 Å². The number of carbonyl (C=O) groups is 1. The number of aliphatic imine (C=N–C) groups is 1. The summed E-state index contributed by atoms with van der Waals surface area (Å²) < 4.78 is 30.7. The molecule has 2 amide bonds. The Bertz CT molecular complexity index is 1110. The summed E-state index contributed by atoms with van der Waals surface area (Å²) in [4.78, 5) is 16.8. The number of amides is 2. The molecule has 0 radical (unpaired) electrons. The van der Waals surface area contributed by atoms with E-state index in [0.717, 1.165) is 24.6 Å². The van der Waals surface area contributed by atoms with Crippen molar-refractivity contribution in [1.82, 2.24) is 0 Å². The molecule has 0 spiro atoms. The van der Waals surface area contributed by atoms with E-state index in [-0.39, 0.29) is 35.2 Å². The van der Waals surface area contributed by atoms with E-state index in [4.69, 9.17) is 5.14 Å². The quantitative estimate of drug-likeness (QED) is 0.604. The highest BCUT2D eigenvalue weighted by Gasteiger charge is 2.35. The summed E-state index contributed by atoms with van der Waals surface area (Å²) in [6.45, 7) is 6.69. The molecule has 2 unspecified atom stereocenters. The fourth-order valence-corrected chi connectivity index (χ4v) is 5.87. The topological polar surface area (TPSA) is 141 Å². The van der Waals surface area contributed by atoms with Crippen LogP contribution in [0.2, 0.25) is 0 Å². The standard InChI is InChI=1S/C20H26FN5O3S2/c1-10(2)15-16(21)12(8-22)7-13(11-5-6-11)17(15)25-19(27)26-31(23,29)14-9-24-18(30-14)20(3,4)28/h7,10-11,14,28H,5-6,9H2,1-4H3,(H3,23,25,26,27,29). The highest BCUT2D eigenvalue weighted by Crippen LogP contribution is 2.47. The molecule has 1 heterocycles. The molecule has 2 aliphatic rings. The Balaban J connectivity index is 1.93. The molecule has 4 N–H and O–H groups in total. The third-order valence-corrected chi connectivity index (χ3v) is 8.76. The summed E-state index contributed by atoms with van der Waals surface area (Å²) in [7, 11) is -3.49. The van der Waals surface area contributed by atoms with Crippen LogP contribution in [0.25, 0.3) is 0 Å². The van der Waals surface area contributed by atoms with Gasteiger partial charge in [-0.3, -0.25) is 4.99 Å². The van der Waals surface area contributed by atoms with Crippen molar-refractivity contribution in [2.24, 2.45) is 14.5 Å². The maximum atomic E-state index is 14.9. The number of carbonyl (C=O) groups excluding carboxylic acids is 1. The van der Waals surface area contributed by atoms with Gasteiger partial charge in [0.15, 0.2) is 0 Å². The first-order valence-electron chi connectivity index (χ1n) is 9.90. The van der Waals surface area contributed by atoms with Crippen LogP contribution >= 0.6 is 11.8 Å². The van der Waals surface area contributed by atoms with Crippen molar-refractivity contribution in [2.75, 3.05) is 11.9 Å². The molecule has 8 nitrogen and oxygen atoms in total. The Morgan fingerprint density at radius 3 is 2.65 bits per heavy atom. The number of rotatable bonds is 5. The molecule has 1 saturated carbocycles. The van der Waals surface area contributed by atoms with E-state index in [9.17, 15) is 23.8 Å². The zero-order valence-corrected chi connectivity index (χ0v) is 19.4. The molecular formula is C20H26FN5O3S2. The largest absolute Gasteiger partial charge is 0.384 e. The molecule has 168 valence electrons. The monoisotopic (exact) mass is 467 g/mol. The first-order chi connectivity index (χ1) is 14.3. The predicted molar refractivity (Wildman–Crippen MR) is 121 cm³/mol. The number of nitrogens with zero attached hydrogens (tertiary/aromatic N) is 3. The van der Waals surface area contributed by atoms with Crippen LogP contribution in [0.3, 0.4) is 0 Å². The number of nitrogens with one attached hydrogen (secondary N) is 1. The summed E-state index contributed by atoms with van der Waals surface area (Å²) in [5, 5.41) is 28.2. The van der Waals surface area contributed by atoms with E-state index >= 15 is 0 Å². The maximum Gasteiger partial charge on any atom is 0.354 e. The molecule has 1 aliphatic carbocycles. The number of nitrogens with two attached hydrogens (primary N) is 1. The van der Waals surface area contributed by atoms with Gasteiger partial charge in [0, 0.05) is 5.56 Å². The molecule has 0 saturated heterocycles. The van der Waals surface area contributed by atoms with Gasteiger partial charge in [0.2, 0.25) is 0 Å². The molecule has 11 heteroatoms. The second-order valence-corrected chi connectivity index (χ2v) is 12.0. The number of thioether (sulfide) groups is 1. The average Bonchev–Trinajstić information content (AvgIpc) is 3.33. The summed E-state index contributed by atoms with van der Waals surface area (Å²) in [5.41, 5.74) is -0.109. The van der Waals surface area contributed by atoms with Gasteiger partial charge in [-0.25, -0.2) is 18.5 Å². The van der Waals surface area contributed by atoms with E-state index in [1.165, 1.54) is 6.07 Å². The van der Waals surface area contributed by atoms with Gasteiger partial charge in [0.1, 0.15) is 37.0 Å². The summed E-state index contributed by atoms with van der Waals surface area (Å²) in [6, 6.07) is 2.39. The fraction of sp³-hybridized carbons (Fsp3) is 0.550. The van der Waals surface area contributed by atoms with Crippen LogP contribution in [0.5, 0.6) is 0 Å². The minimum Gasteiger partial charge on any atom is -0.384 e. The Morgan fingerprint density at radius 2 is 2.16 bits per heavy atom. The van der Waals surface area contributed by atoms with Crippen molar-refractivity contribution in [3.05, 3.63) is 28.6 Å². The van der Waals surface area contributed by atoms with Crippen molar-refractivity contribution in [1.29, 1.82) is 5.26 Å². The molecule has 1 aliphatic heterocycles. The van der Waals surface area contributed by atoms with Crippen LogP contribution in [0, 0.1) is 17.1 Å². The molecule has 0 bridgehead atoms. The minimum absolute atomic E-state index is 0.0617. The molecule has 2 atom stereocenters. The van der Waals surface area contributed by atoms with E-state index < -0.39 is 31.9 Å². The zero-order chi connectivity index (χ0) is 23.1. The highest BCUT2D eigenvalue weighted by atomic mass is 32.3. The van der Waals surface area contributed by atoms with Crippen molar-refractivity contribution >= 4 is 38.4 Å². The fourth-order valence-electron chi connectivity index (χ4n) is 3.37. The van der Waals surface area contributed by atoms with Crippen molar-refractivity contribution < 1.29 is 18.5 Å². The summed E-state index contributed by atoms with van der Waals surface area (Å²) in [6.07, 6.45) is 1.74. The molecule has 0 aromatic heterocycles. The highest BCUT2D eigenvalue weighted by molar-refractivity contribution is 8.23. The molecule has 1 fully saturated rings.